The standard InChI is InChI=1S/C20H27N3O3S/c1-3-26-12-6-11-23-19(25)16-7-4-5-8-17(16)22-20(23)27-13-18(24)21-14(2)15-9-10-15/h4-5,7-8,14-15H,3,6,9-13H2,1-2H3,(H,21,24)/t14-/m0/s1. The number of rotatable bonds is 10. The van der Waals surface area contributed by atoms with Crippen LogP contribution in [-0.2, 0) is 16.1 Å². The molecule has 1 aromatic heterocycles. The number of thioether (sulfide) groups is 1. The van der Waals surface area contributed by atoms with Crippen LogP contribution >= 0.6 is 11.8 Å². The molecule has 7 heteroatoms. The SMILES string of the molecule is CCOCCCn1c(SCC(=O)N[C@@H](C)C2CC2)nc2ccccc2c1=O. The van der Waals surface area contributed by atoms with Crippen molar-refractivity contribution in [1.29, 1.82) is 0 Å². The van der Waals surface area contributed by atoms with E-state index in [0.29, 0.717) is 41.7 Å². The first-order valence-corrected chi connectivity index (χ1v) is 10.6. The number of carbonyl (C=O) groups is 1. The number of carbonyl (C=O) groups excluding carboxylic acids is 1. The average molecular weight is 390 g/mol. The Balaban J connectivity index is 1.74. The minimum Gasteiger partial charge on any atom is -0.382 e. The van der Waals surface area contributed by atoms with E-state index in [0.717, 1.165) is 6.42 Å². The Morgan fingerprint density at radius 1 is 1.41 bits per heavy atom. The number of benzene rings is 1. The molecular formula is C20H27N3O3S. The van der Waals surface area contributed by atoms with Crippen molar-refractivity contribution >= 4 is 28.6 Å². The van der Waals surface area contributed by atoms with Crippen molar-refractivity contribution < 1.29 is 9.53 Å². The number of nitrogens with zero attached hydrogens (tertiary/aromatic N) is 2. The molecule has 1 heterocycles. The summed E-state index contributed by atoms with van der Waals surface area (Å²) in [4.78, 5) is 29.8. The molecule has 1 amide bonds. The van der Waals surface area contributed by atoms with E-state index in [1.54, 1.807) is 10.6 Å². The van der Waals surface area contributed by atoms with Gasteiger partial charge in [-0.2, -0.15) is 0 Å². The molecule has 0 bridgehead atoms. The predicted molar refractivity (Wildman–Crippen MR) is 108 cm³/mol. The maximum Gasteiger partial charge on any atom is 0.262 e. The molecule has 1 aliphatic carbocycles. The summed E-state index contributed by atoms with van der Waals surface area (Å²) in [7, 11) is 0. The Morgan fingerprint density at radius 2 is 2.19 bits per heavy atom. The monoisotopic (exact) mass is 389 g/mol. The van der Waals surface area contributed by atoms with Gasteiger partial charge in [-0.1, -0.05) is 23.9 Å². The van der Waals surface area contributed by atoms with Gasteiger partial charge in [0.25, 0.3) is 5.56 Å². The normalized spacial score (nSPS) is 15.0. The van der Waals surface area contributed by atoms with E-state index in [-0.39, 0.29) is 23.3 Å². The van der Waals surface area contributed by atoms with Crippen molar-refractivity contribution in [2.45, 2.75) is 50.9 Å². The van der Waals surface area contributed by atoms with E-state index in [9.17, 15) is 9.59 Å². The highest BCUT2D eigenvalue weighted by molar-refractivity contribution is 7.99. The quantitative estimate of drug-likeness (QED) is 0.384. The van der Waals surface area contributed by atoms with E-state index >= 15 is 0 Å². The number of hydrogen-bond donors (Lipinski definition) is 1. The van der Waals surface area contributed by atoms with E-state index in [1.165, 1.54) is 24.6 Å². The maximum absolute atomic E-state index is 12.9. The highest BCUT2D eigenvalue weighted by Gasteiger charge is 2.28. The van der Waals surface area contributed by atoms with Crippen LogP contribution in [0.5, 0.6) is 0 Å². The Labute approximate surface area is 163 Å². The van der Waals surface area contributed by atoms with Gasteiger partial charge < -0.3 is 10.1 Å². The Kier molecular flexibility index (Phi) is 6.90. The molecule has 1 aliphatic rings. The number of aromatic nitrogens is 2. The van der Waals surface area contributed by atoms with Crippen LogP contribution in [0.4, 0.5) is 0 Å². The molecule has 0 spiro atoms. The summed E-state index contributed by atoms with van der Waals surface area (Å²) in [5.74, 6) is 0.866. The molecule has 6 nitrogen and oxygen atoms in total. The molecule has 0 unspecified atom stereocenters. The molecule has 1 N–H and O–H groups in total. The van der Waals surface area contributed by atoms with Crippen molar-refractivity contribution in [3.8, 4) is 0 Å². The summed E-state index contributed by atoms with van der Waals surface area (Å²) in [6.07, 6.45) is 3.12. The van der Waals surface area contributed by atoms with Crippen LogP contribution in [0.3, 0.4) is 0 Å². The zero-order valence-corrected chi connectivity index (χ0v) is 16.8. The first-order chi connectivity index (χ1) is 13.1. The molecule has 2 aromatic rings. The molecule has 3 rings (SSSR count). The first kappa shape index (κ1) is 19.9. The Morgan fingerprint density at radius 3 is 2.93 bits per heavy atom. The Hall–Kier alpha value is -1.86. The lowest BCUT2D eigenvalue weighted by Gasteiger charge is -2.15. The van der Waals surface area contributed by atoms with Crippen LogP contribution < -0.4 is 10.9 Å². The van der Waals surface area contributed by atoms with Gasteiger partial charge in [0, 0.05) is 25.8 Å². The highest BCUT2D eigenvalue weighted by atomic mass is 32.2. The summed E-state index contributed by atoms with van der Waals surface area (Å²) in [6.45, 7) is 5.79. The largest absolute Gasteiger partial charge is 0.382 e. The summed E-state index contributed by atoms with van der Waals surface area (Å²) in [5.41, 5.74) is 0.601. The van der Waals surface area contributed by atoms with Crippen LogP contribution in [0.25, 0.3) is 10.9 Å². The van der Waals surface area contributed by atoms with Gasteiger partial charge >= 0.3 is 0 Å². The third-order valence-electron chi connectivity index (χ3n) is 4.75. The molecule has 0 radical (unpaired) electrons. The smallest absolute Gasteiger partial charge is 0.262 e. The lowest BCUT2D eigenvalue weighted by atomic mass is 10.2. The van der Waals surface area contributed by atoms with E-state index < -0.39 is 0 Å². The van der Waals surface area contributed by atoms with Crippen LogP contribution in [0.1, 0.15) is 33.1 Å². The molecule has 1 fully saturated rings. The zero-order valence-electron chi connectivity index (χ0n) is 15.9. The lowest BCUT2D eigenvalue weighted by molar-refractivity contribution is -0.119. The van der Waals surface area contributed by atoms with Crippen molar-refractivity contribution in [3.05, 3.63) is 34.6 Å². The van der Waals surface area contributed by atoms with Gasteiger partial charge in [-0.3, -0.25) is 14.2 Å². The van der Waals surface area contributed by atoms with Crippen molar-refractivity contribution in [3.63, 3.8) is 0 Å². The fourth-order valence-electron chi connectivity index (χ4n) is 3.06. The summed E-state index contributed by atoms with van der Waals surface area (Å²) in [6, 6.07) is 7.56. The molecular weight excluding hydrogens is 362 g/mol. The predicted octanol–water partition coefficient (Wildman–Crippen LogP) is 2.83. The highest BCUT2D eigenvalue weighted by Crippen LogP contribution is 2.32. The van der Waals surface area contributed by atoms with Crippen LogP contribution in [-0.4, -0.2) is 40.5 Å². The Bertz CT molecular complexity index is 848. The molecule has 1 saturated carbocycles. The summed E-state index contributed by atoms with van der Waals surface area (Å²) < 4.78 is 7.06. The maximum atomic E-state index is 12.9. The van der Waals surface area contributed by atoms with Gasteiger partial charge in [0.15, 0.2) is 5.16 Å². The summed E-state index contributed by atoms with van der Waals surface area (Å²) in [5, 5.41) is 4.24. The number of hydrogen-bond acceptors (Lipinski definition) is 5. The van der Waals surface area contributed by atoms with E-state index in [2.05, 4.69) is 17.2 Å². The second-order valence-corrected chi connectivity index (χ2v) is 7.84. The topological polar surface area (TPSA) is 73.2 Å². The first-order valence-electron chi connectivity index (χ1n) is 9.59. The third-order valence-corrected chi connectivity index (χ3v) is 5.73. The van der Waals surface area contributed by atoms with Crippen LogP contribution in [0.2, 0.25) is 0 Å². The molecule has 0 saturated heterocycles. The van der Waals surface area contributed by atoms with E-state index in [1.807, 2.05) is 25.1 Å². The van der Waals surface area contributed by atoms with Crippen molar-refractivity contribution in [2.24, 2.45) is 5.92 Å². The second kappa shape index (κ2) is 9.37. The number of amides is 1. The number of ether oxygens (including phenoxy) is 1. The van der Waals surface area contributed by atoms with Crippen molar-refractivity contribution in [1.82, 2.24) is 14.9 Å². The minimum atomic E-state index is -0.0636. The number of nitrogens with one attached hydrogen (secondary N) is 1. The molecule has 1 atom stereocenters. The zero-order chi connectivity index (χ0) is 19.2. The second-order valence-electron chi connectivity index (χ2n) is 6.90. The van der Waals surface area contributed by atoms with E-state index in [4.69, 9.17) is 4.74 Å². The lowest BCUT2D eigenvalue weighted by Crippen LogP contribution is -2.35. The number of fused-ring (bicyclic) bond motifs is 1. The van der Waals surface area contributed by atoms with Crippen LogP contribution in [0.15, 0.2) is 34.2 Å². The molecule has 1 aromatic carbocycles. The average Bonchev–Trinajstić information content (AvgIpc) is 3.50. The summed E-state index contributed by atoms with van der Waals surface area (Å²) >= 11 is 1.32. The van der Waals surface area contributed by atoms with Crippen LogP contribution in [0, 0.1) is 5.92 Å². The van der Waals surface area contributed by atoms with Gasteiger partial charge in [0.05, 0.1) is 16.7 Å². The fraction of sp³-hybridized carbons (Fsp3) is 0.550. The van der Waals surface area contributed by atoms with Gasteiger partial charge in [-0.15, -0.1) is 0 Å². The van der Waals surface area contributed by atoms with Crippen molar-refractivity contribution in [2.75, 3.05) is 19.0 Å². The van der Waals surface area contributed by atoms with Gasteiger partial charge in [-0.05, 0) is 51.2 Å². The third kappa shape index (κ3) is 5.32. The molecule has 146 valence electrons. The van der Waals surface area contributed by atoms with Gasteiger partial charge in [0.1, 0.15) is 0 Å². The molecule has 0 aliphatic heterocycles. The molecule has 27 heavy (non-hydrogen) atoms. The number of para-hydroxylation sites is 1. The minimum absolute atomic E-state index is 0.0114. The van der Waals surface area contributed by atoms with Gasteiger partial charge in [0.2, 0.25) is 5.91 Å². The fourth-order valence-corrected chi connectivity index (χ4v) is 3.90. The van der Waals surface area contributed by atoms with Gasteiger partial charge in [-0.25, -0.2) is 4.98 Å².